The van der Waals surface area contributed by atoms with Gasteiger partial charge >= 0.3 is 0 Å². The van der Waals surface area contributed by atoms with Crippen LogP contribution in [0.2, 0.25) is 0 Å². The van der Waals surface area contributed by atoms with E-state index in [0.29, 0.717) is 5.69 Å². The van der Waals surface area contributed by atoms with Crippen LogP contribution in [-0.4, -0.2) is 16.9 Å². The topological polar surface area (TPSA) is 45.2 Å². The Balaban J connectivity index is 1.62. The van der Waals surface area contributed by atoms with E-state index in [9.17, 15) is 4.79 Å². The molecule has 2 aromatic carbocycles. The summed E-state index contributed by atoms with van der Waals surface area (Å²) in [6, 6.07) is 21.8. The van der Waals surface area contributed by atoms with Gasteiger partial charge in [0.1, 0.15) is 5.69 Å². The first kappa shape index (κ1) is 15.4. The molecule has 3 aromatic rings. The second-order valence-corrected chi connectivity index (χ2v) is 6.28. The molecule has 0 saturated carbocycles. The lowest BCUT2D eigenvalue weighted by molar-refractivity contribution is 0.0976. The number of pyridine rings is 1. The summed E-state index contributed by atoms with van der Waals surface area (Å²) in [7, 11) is 0. The number of hydrogen-bond donors (Lipinski definition) is 1. The molecular formula is C21H19N3O. The molecule has 4 rings (SSSR count). The lowest BCUT2D eigenvalue weighted by Crippen LogP contribution is -2.36. The van der Waals surface area contributed by atoms with Gasteiger partial charge in [-0.15, -0.1) is 0 Å². The van der Waals surface area contributed by atoms with Gasteiger partial charge < -0.3 is 10.2 Å². The highest BCUT2D eigenvalue weighted by molar-refractivity contribution is 6.07. The molecule has 0 radical (unpaired) electrons. The van der Waals surface area contributed by atoms with E-state index in [1.54, 1.807) is 6.20 Å². The molecule has 1 N–H and O–H groups in total. The molecule has 0 spiro atoms. The maximum atomic E-state index is 13.1. The van der Waals surface area contributed by atoms with E-state index in [1.807, 2.05) is 65.6 Å². The van der Waals surface area contributed by atoms with Crippen LogP contribution >= 0.6 is 0 Å². The first-order chi connectivity index (χ1) is 12.2. The first-order valence-electron chi connectivity index (χ1n) is 8.42. The fraction of sp³-hybridized carbons (Fsp3) is 0.143. The third-order valence-corrected chi connectivity index (χ3v) is 4.47. The quantitative estimate of drug-likeness (QED) is 0.774. The van der Waals surface area contributed by atoms with Gasteiger partial charge in [0.2, 0.25) is 0 Å². The monoisotopic (exact) mass is 329 g/mol. The van der Waals surface area contributed by atoms with Crippen molar-refractivity contribution in [3.8, 4) is 0 Å². The summed E-state index contributed by atoms with van der Waals surface area (Å²) in [5, 5.41) is 3.31. The van der Waals surface area contributed by atoms with Crippen LogP contribution in [0.25, 0.3) is 0 Å². The molecule has 0 bridgehead atoms. The van der Waals surface area contributed by atoms with Crippen molar-refractivity contribution in [1.29, 1.82) is 0 Å². The van der Waals surface area contributed by atoms with Crippen LogP contribution in [0.4, 0.5) is 17.1 Å². The van der Waals surface area contributed by atoms with Crippen LogP contribution in [0, 0.1) is 0 Å². The number of benzene rings is 2. The van der Waals surface area contributed by atoms with Crippen molar-refractivity contribution >= 4 is 23.0 Å². The van der Waals surface area contributed by atoms with Gasteiger partial charge in [-0.05, 0) is 49.2 Å². The Bertz CT molecular complexity index is 908. The zero-order valence-corrected chi connectivity index (χ0v) is 14.0. The Hall–Kier alpha value is -3.14. The number of carbonyl (C=O) groups excluding carboxylic acids is 1. The van der Waals surface area contributed by atoms with E-state index in [4.69, 9.17) is 0 Å². The Kier molecular flexibility index (Phi) is 3.94. The fourth-order valence-corrected chi connectivity index (χ4v) is 3.31. The molecule has 1 aliphatic heterocycles. The number of nitrogens with zero attached hydrogens (tertiary/aromatic N) is 2. The van der Waals surface area contributed by atoms with Crippen LogP contribution in [-0.2, 0) is 6.42 Å². The third kappa shape index (κ3) is 2.98. The summed E-state index contributed by atoms with van der Waals surface area (Å²) in [6.07, 6.45) is 2.55. The predicted octanol–water partition coefficient (Wildman–Crippen LogP) is 4.42. The number of carbonyl (C=O) groups is 1. The summed E-state index contributed by atoms with van der Waals surface area (Å²) in [5.74, 6) is -0.0610. The van der Waals surface area contributed by atoms with Crippen molar-refractivity contribution in [2.24, 2.45) is 0 Å². The fourth-order valence-electron chi connectivity index (χ4n) is 3.31. The lowest BCUT2D eigenvalue weighted by Gasteiger charge is -2.22. The maximum absolute atomic E-state index is 13.1. The maximum Gasteiger partial charge on any atom is 0.277 e. The predicted molar refractivity (Wildman–Crippen MR) is 100 cm³/mol. The lowest BCUT2D eigenvalue weighted by atomic mass is 10.1. The summed E-state index contributed by atoms with van der Waals surface area (Å²) in [5.41, 5.74) is 4.48. The Morgan fingerprint density at radius 2 is 1.80 bits per heavy atom. The van der Waals surface area contributed by atoms with Gasteiger partial charge in [0.05, 0.1) is 0 Å². The van der Waals surface area contributed by atoms with Crippen molar-refractivity contribution in [2.75, 3.05) is 10.2 Å². The summed E-state index contributed by atoms with van der Waals surface area (Å²) < 4.78 is 0. The minimum atomic E-state index is -0.0610. The van der Waals surface area contributed by atoms with Crippen LogP contribution in [0.1, 0.15) is 23.0 Å². The Morgan fingerprint density at radius 1 is 1.04 bits per heavy atom. The molecule has 0 aliphatic carbocycles. The van der Waals surface area contributed by atoms with E-state index in [-0.39, 0.29) is 11.9 Å². The molecule has 1 aliphatic rings. The SMILES string of the molecule is CC1Cc2ccccc2N1C(=O)c1cc(Nc2ccccc2)ccn1. The molecule has 2 heterocycles. The van der Waals surface area contributed by atoms with Gasteiger partial charge in [-0.1, -0.05) is 36.4 Å². The van der Waals surface area contributed by atoms with E-state index in [0.717, 1.165) is 23.5 Å². The van der Waals surface area contributed by atoms with Crippen LogP contribution in [0.15, 0.2) is 72.9 Å². The minimum absolute atomic E-state index is 0.0610. The largest absolute Gasteiger partial charge is 0.355 e. The van der Waals surface area contributed by atoms with Gasteiger partial charge in [-0.25, -0.2) is 0 Å². The number of amides is 1. The molecule has 1 unspecified atom stereocenters. The Labute approximate surface area is 147 Å². The standard InChI is InChI=1S/C21H19N3O/c1-15-13-16-7-5-6-10-20(16)24(15)21(25)19-14-18(11-12-22-19)23-17-8-3-2-4-9-17/h2-12,14-15H,13H2,1H3,(H,22,23). The van der Waals surface area contributed by atoms with Crippen molar-refractivity contribution in [3.05, 3.63) is 84.2 Å². The number of anilines is 3. The van der Waals surface area contributed by atoms with E-state index >= 15 is 0 Å². The third-order valence-electron chi connectivity index (χ3n) is 4.47. The van der Waals surface area contributed by atoms with Crippen molar-refractivity contribution < 1.29 is 4.79 Å². The van der Waals surface area contributed by atoms with Gasteiger partial charge in [-0.3, -0.25) is 9.78 Å². The van der Waals surface area contributed by atoms with Gasteiger partial charge in [0.15, 0.2) is 0 Å². The van der Waals surface area contributed by atoms with Crippen LogP contribution < -0.4 is 10.2 Å². The van der Waals surface area contributed by atoms with Gasteiger partial charge in [0.25, 0.3) is 5.91 Å². The number of nitrogens with one attached hydrogen (secondary N) is 1. The molecule has 124 valence electrons. The second kappa shape index (κ2) is 6.40. The van der Waals surface area contributed by atoms with E-state index < -0.39 is 0 Å². The smallest absolute Gasteiger partial charge is 0.277 e. The number of fused-ring (bicyclic) bond motifs is 1. The molecular weight excluding hydrogens is 310 g/mol. The van der Waals surface area contributed by atoms with Gasteiger partial charge in [-0.2, -0.15) is 0 Å². The minimum Gasteiger partial charge on any atom is -0.355 e. The zero-order valence-electron chi connectivity index (χ0n) is 14.0. The van der Waals surface area contributed by atoms with Crippen molar-refractivity contribution in [1.82, 2.24) is 4.98 Å². The van der Waals surface area contributed by atoms with Crippen LogP contribution in [0.5, 0.6) is 0 Å². The highest BCUT2D eigenvalue weighted by atomic mass is 16.2. The van der Waals surface area contributed by atoms with E-state index in [1.165, 1.54) is 5.56 Å². The second-order valence-electron chi connectivity index (χ2n) is 6.28. The molecule has 4 nitrogen and oxygen atoms in total. The first-order valence-corrected chi connectivity index (χ1v) is 8.42. The van der Waals surface area contributed by atoms with E-state index in [2.05, 4.69) is 23.3 Å². The zero-order chi connectivity index (χ0) is 17.2. The highest BCUT2D eigenvalue weighted by Gasteiger charge is 2.31. The molecule has 1 aromatic heterocycles. The summed E-state index contributed by atoms with van der Waals surface area (Å²) >= 11 is 0. The summed E-state index contributed by atoms with van der Waals surface area (Å²) in [6.45, 7) is 2.07. The number of para-hydroxylation sites is 2. The average molecular weight is 329 g/mol. The molecule has 1 atom stereocenters. The van der Waals surface area contributed by atoms with Gasteiger partial charge in [0, 0.05) is 29.3 Å². The summed E-state index contributed by atoms with van der Waals surface area (Å²) in [4.78, 5) is 19.2. The molecule has 25 heavy (non-hydrogen) atoms. The van der Waals surface area contributed by atoms with Crippen LogP contribution in [0.3, 0.4) is 0 Å². The number of aromatic nitrogens is 1. The molecule has 0 fully saturated rings. The highest BCUT2D eigenvalue weighted by Crippen LogP contribution is 2.33. The number of rotatable bonds is 3. The Morgan fingerprint density at radius 3 is 2.64 bits per heavy atom. The van der Waals surface area contributed by atoms with Crippen molar-refractivity contribution in [3.63, 3.8) is 0 Å². The number of hydrogen-bond acceptors (Lipinski definition) is 3. The molecule has 4 heteroatoms. The van der Waals surface area contributed by atoms with Crippen molar-refractivity contribution in [2.45, 2.75) is 19.4 Å². The molecule has 1 amide bonds. The normalized spacial score (nSPS) is 15.7. The molecule has 0 saturated heterocycles. The average Bonchev–Trinajstić information content (AvgIpc) is 2.98.